The molecule has 3 amide bonds. The number of carbonyl (C=O) groups excluding carboxylic acids is 3. The van der Waals surface area contributed by atoms with Gasteiger partial charge in [0.15, 0.2) is 0 Å². The number of nitrogens with one attached hydrogen (secondary N) is 2. The minimum absolute atomic E-state index is 0.0267. The van der Waals surface area contributed by atoms with Gasteiger partial charge in [0.25, 0.3) is 0 Å². The second-order valence-corrected chi connectivity index (χ2v) is 6.36. The summed E-state index contributed by atoms with van der Waals surface area (Å²) in [6.45, 7) is 3.23. The minimum Gasteiger partial charge on any atom is -0.356 e. The zero-order valence-electron chi connectivity index (χ0n) is 15.7. The highest BCUT2D eigenvalue weighted by Gasteiger charge is 2.05. The first kappa shape index (κ1) is 22.4. The monoisotopic (exact) mass is 341 g/mol. The molecule has 0 aliphatic carbocycles. The molecule has 0 aliphatic rings. The molecule has 0 aromatic rings. The molecular formula is C18H35N3O3. The summed E-state index contributed by atoms with van der Waals surface area (Å²) >= 11 is 0. The number of amides is 3. The van der Waals surface area contributed by atoms with Gasteiger partial charge in [0.05, 0.1) is 0 Å². The van der Waals surface area contributed by atoms with E-state index in [0.717, 1.165) is 12.8 Å². The Balaban J connectivity index is 3.45. The molecule has 0 saturated heterocycles. The van der Waals surface area contributed by atoms with E-state index in [4.69, 9.17) is 0 Å². The maximum absolute atomic E-state index is 11.6. The second-order valence-electron chi connectivity index (χ2n) is 6.36. The quantitative estimate of drug-likeness (QED) is 0.476. The molecule has 0 aliphatic heterocycles. The molecule has 2 N–H and O–H groups in total. The van der Waals surface area contributed by atoms with Crippen LogP contribution in [0, 0.1) is 0 Å². The molecule has 0 bridgehead atoms. The van der Waals surface area contributed by atoms with Crippen LogP contribution in [0.5, 0.6) is 0 Å². The van der Waals surface area contributed by atoms with Gasteiger partial charge in [-0.2, -0.15) is 0 Å². The lowest BCUT2D eigenvalue weighted by molar-refractivity contribution is -0.129. The first-order chi connectivity index (χ1) is 11.5. The molecular weight excluding hydrogens is 306 g/mol. The van der Waals surface area contributed by atoms with E-state index in [2.05, 4.69) is 17.6 Å². The smallest absolute Gasteiger partial charge is 0.222 e. The van der Waals surface area contributed by atoms with Crippen molar-refractivity contribution in [2.24, 2.45) is 0 Å². The minimum atomic E-state index is -0.0267. The largest absolute Gasteiger partial charge is 0.356 e. The standard InChI is InChI=1S/C18H35N3O3/c1-4-5-6-7-8-11-16(22)19-14-9-12-17(23)20-15-10-13-18(24)21(2)3/h4-15H2,1-3H3,(H,19,22)(H,20,23). The Morgan fingerprint density at radius 3 is 1.75 bits per heavy atom. The van der Waals surface area contributed by atoms with Crippen LogP contribution in [-0.4, -0.2) is 49.8 Å². The normalized spacial score (nSPS) is 10.3. The van der Waals surface area contributed by atoms with Crippen molar-refractivity contribution >= 4 is 17.7 Å². The van der Waals surface area contributed by atoms with Crippen LogP contribution in [0.15, 0.2) is 0 Å². The summed E-state index contributed by atoms with van der Waals surface area (Å²) in [5.74, 6) is 0.122. The van der Waals surface area contributed by atoms with Crippen LogP contribution >= 0.6 is 0 Å². The average molecular weight is 341 g/mol. The fourth-order valence-electron chi connectivity index (χ4n) is 2.23. The van der Waals surface area contributed by atoms with Crippen LogP contribution in [0.2, 0.25) is 0 Å². The van der Waals surface area contributed by atoms with Crippen LogP contribution in [0.1, 0.15) is 71.1 Å². The fraction of sp³-hybridized carbons (Fsp3) is 0.833. The van der Waals surface area contributed by atoms with Crippen LogP contribution in [0.3, 0.4) is 0 Å². The van der Waals surface area contributed by atoms with Crippen molar-refractivity contribution in [1.82, 2.24) is 15.5 Å². The average Bonchev–Trinajstić information content (AvgIpc) is 2.55. The zero-order chi connectivity index (χ0) is 18.2. The Morgan fingerprint density at radius 1 is 0.708 bits per heavy atom. The molecule has 0 heterocycles. The van der Waals surface area contributed by atoms with Gasteiger partial charge >= 0.3 is 0 Å². The number of carbonyl (C=O) groups is 3. The van der Waals surface area contributed by atoms with Crippen molar-refractivity contribution in [2.75, 3.05) is 27.2 Å². The van der Waals surface area contributed by atoms with Crippen molar-refractivity contribution in [3.05, 3.63) is 0 Å². The summed E-state index contributed by atoms with van der Waals surface area (Å²) in [4.78, 5) is 36.1. The second kappa shape index (κ2) is 15.0. The molecule has 140 valence electrons. The maximum atomic E-state index is 11.6. The molecule has 0 unspecified atom stereocenters. The van der Waals surface area contributed by atoms with Gasteiger partial charge in [-0.25, -0.2) is 0 Å². The van der Waals surface area contributed by atoms with Gasteiger partial charge < -0.3 is 15.5 Å². The molecule has 6 heteroatoms. The van der Waals surface area contributed by atoms with E-state index in [1.165, 1.54) is 19.3 Å². The first-order valence-corrected chi connectivity index (χ1v) is 9.21. The Hall–Kier alpha value is -1.59. The summed E-state index contributed by atoms with van der Waals surface area (Å²) < 4.78 is 0. The molecule has 0 fully saturated rings. The summed E-state index contributed by atoms with van der Waals surface area (Å²) in [5, 5.41) is 5.65. The van der Waals surface area contributed by atoms with Gasteiger partial charge in [-0.05, 0) is 19.3 Å². The van der Waals surface area contributed by atoms with Gasteiger partial charge in [-0.3, -0.25) is 14.4 Å². The maximum Gasteiger partial charge on any atom is 0.222 e. The Morgan fingerprint density at radius 2 is 1.21 bits per heavy atom. The summed E-state index contributed by atoms with van der Waals surface area (Å²) in [6, 6.07) is 0. The molecule has 0 spiro atoms. The van der Waals surface area contributed by atoms with Gasteiger partial charge in [0, 0.05) is 46.4 Å². The molecule has 24 heavy (non-hydrogen) atoms. The van der Waals surface area contributed by atoms with Crippen molar-refractivity contribution in [2.45, 2.75) is 71.1 Å². The Labute approximate surface area is 146 Å². The van der Waals surface area contributed by atoms with Crippen molar-refractivity contribution in [3.63, 3.8) is 0 Å². The highest BCUT2D eigenvalue weighted by Crippen LogP contribution is 2.04. The van der Waals surface area contributed by atoms with E-state index in [-0.39, 0.29) is 17.7 Å². The molecule has 0 radical (unpaired) electrons. The van der Waals surface area contributed by atoms with Crippen molar-refractivity contribution in [3.8, 4) is 0 Å². The molecule has 0 rings (SSSR count). The molecule has 0 aromatic heterocycles. The summed E-state index contributed by atoms with van der Waals surface area (Å²) in [6.07, 6.45) is 8.42. The van der Waals surface area contributed by atoms with Crippen LogP contribution < -0.4 is 10.6 Å². The van der Waals surface area contributed by atoms with E-state index in [1.807, 2.05) is 0 Å². The number of nitrogens with zero attached hydrogens (tertiary/aromatic N) is 1. The van der Waals surface area contributed by atoms with Crippen molar-refractivity contribution < 1.29 is 14.4 Å². The van der Waals surface area contributed by atoms with Crippen molar-refractivity contribution in [1.29, 1.82) is 0 Å². The predicted molar refractivity (Wildman–Crippen MR) is 96.6 cm³/mol. The van der Waals surface area contributed by atoms with E-state index in [0.29, 0.717) is 45.2 Å². The van der Waals surface area contributed by atoms with E-state index >= 15 is 0 Å². The molecule has 6 nitrogen and oxygen atoms in total. The lowest BCUT2D eigenvalue weighted by Crippen LogP contribution is -2.28. The Bertz CT molecular complexity index is 371. The first-order valence-electron chi connectivity index (χ1n) is 9.21. The molecule has 0 aromatic carbocycles. The number of hydrogen-bond acceptors (Lipinski definition) is 3. The highest BCUT2D eigenvalue weighted by molar-refractivity contribution is 5.77. The van der Waals surface area contributed by atoms with Gasteiger partial charge in [-0.1, -0.05) is 32.6 Å². The third-order valence-electron chi connectivity index (χ3n) is 3.80. The number of rotatable bonds is 14. The van der Waals surface area contributed by atoms with Crippen LogP contribution in [0.4, 0.5) is 0 Å². The lowest BCUT2D eigenvalue weighted by atomic mass is 10.1. The van der Waals surface area contributed by atoms with Gasteiger partial charge in [0.1, 0.15) is 0 Å². The van der Waals surface area contributed by atoms with Crippen LogP contribution in [0.25, 0.3) is 0 Å². The number of unbranched alkanes of at least 4 members (excludes halogenated alkanes) is 4. The lowest BCUT2D eigenvalue weighted by Gasteiger charge is -2.10. The zero-order valence-corrected chi connectivity index (χ0v) is 15.7. The van der Waals surface area contributed by atoms with E-state index < -0.39 is 0 Å². The highest BCUT2D eigenvalue weighted by atomic mass is 16.2. The number of hydrogen-bond donors (Lipinski definition) is 2. The van der Waals surface area contributed by atoms with E-state index in [9.17, 15) is 14.4 Å². The van der Waals surface area contributed by atoms with Gasteiger partial charge in [0.2, 0.25) is 17.7 Å². The summed E-state index contributed by atoms with van der Waals surface area (Å²) in [7, 11) is 3.45. The van der Waals surface area contributed by atoms with Crippen LogP contribution in [-0.2, 0) is 14.4 Å². The van der Waals surface area contributed by atoms with E-state index in [1.54, 1.807) is 19.0 Å². The third-order valence-corrected chi connectivity index (χ3v) is 3.80. The Kier molecular flexibility index (Phi) is 14.0. The molecule has 0 atom stereocenters. The van der Waals surface area contributed by atoms with Gasteiger partial charge in [-0.15, -0.1) is 0 Å². The third kappa shape index (κ3) is 14.0. The fourth-order valence-corrected chi connectivity index (χ4v) is 2.23. The molecule has 0 saturated carbocycles. The topological polar surface area (TPSA) is 78.5 Å². The predicted octanol–water partition coefficient (Wildman–Crippen LogP) is 2.23. The summed E-state index contributed by atoms with van der Waals surface area (Å²) in [5.41, 5.74) is 0. The SMILES string of the molecule is CCCCCCCC(=O)NCCCC(=O)NCCCC(=O)N(C)C.